The summed E-state index contributed by atoms with van der Waals surface area (Å²) in [7, 11) is 0. The highest BCUT2D eigenvalue weighted by Gasteiger charge is 2.31. The smallest absolute Gasteiger partial charge is 0.0737 e. The Kier molecular flexibility index (Phi) is 3.37. The average molecular weight is 201 g/mol. The van der Waals surface area contributed by atoms with Crippen molar-refractivity contribution in [2.24, 2.45) is 5.92 Å². The van der Waals surface area contributed by atoms with Gasteiger partial charge >= 0.3 is 0 Å². The Morgan fingerprint density at radius 2 is 2.07 bits per heavy atom. The van der Waals surface area contributed by atoms with E-state index >= 15 is 0 Å². The second kappa shape index (κ2) is 4.95. The molecular weight excluding hydrogens is 186 g/mol. The highest BCUT2D eigenvalue weighted by atomic mass is 16.5. The van der Waals surface area contributed by atoms with E-state index in [0.717, 1.165) is 0 Å². The van der Waals surface area contributed by atoms with Gasteiger partial charge in [0.05, 0.1) is 25.2 Å². The number of hydrogen-bond acceptors (Lipinski definition) is 2. The predicted molar refractivity (Wildman–Crippen MR) is 58.0 cm³/mol. The van der Waals surface area contributed by atoms with Crippen LogP contribution in [-0.4, -0.2) is 6.10 Å². The van der Waals surface area contributed by atoms with Crippen LogP contribution in [0.2, 0.25) is 0 Å². The van der Waals surface area contributed by atoms with E-state index in [1.165, 1.54) is 18.4 Å². The van der Waals surface area contributed by atoms with Crippen molar-refractivity contribution in [1.82, 2.24) is 0 Å². The van der Waals surface area contributed by atoms with Gasteiger partial charge in [-0.05, 0) is 24.3 Å². The summed E-state index contributed by atoms with van der Waals surface area (Å²) in [5.74, 6) is 0.633. The predicted octanol–water partition coefficient (Wildman–Crippen LogP) is 2.90. The Bertz CT molecular complexity index is 337. The second-order valence-electron chi connectivity index (χ2n) is 4.03. The lowest BCUT2D eigenvalue weighted by atomic mass is 10.1. The fraction of sp³-hybridized carbons (Fsp3) is 0.462. The molecule has 0 aliphatic heterocycles. The van der Waals surface area contributed by atoms with Gasteiger partial charge in [-0.1, -0.05) is 30.3 Å². The van der Waals surface area contributed by atoms with Gasteiger partial charge in [-0.25, -0.2) is 0 Å². The standard InChI is InChI=1S/C13H15NO/c14-9-8-13(12-6-7-12)15-10-11-4-2-1-3-5-11/h1-5,12-13H,6-8,10H2/t13-/m0/s1. The third-order valence-electron chi connectivity index (χ3n) is 2.75. The van der Waals surface area contributed by atoms with E-state index in [1.807, 2.05) is 18.2 Å². The van der Waals surface area contributed by atoms with Crippen LogP contribution in [0.3, 0.4) is 0 Å². The molecule has 0 radical (unpaired) electrons. The highest BCUT2D eigenvalue weighted by molar-refractivity contribution is 5.13. The molecule has 2 heteroatoms. The summed E-state index contributed by atoms with van der Waals surface area (Å²) in [4.78, 5) is 0. The van der Waals surface area contributed by atoms with E-state index < -0.39 is 0 Å². The molecule has 1 aromatic carbocycles. The summed E-state index contributed by atoms with van der Waals surface area (Å²) >= 11 is 0. The molecule has 78 valence electrons. The van der Waals surface area contributed by atoms with E-state index in [2.05, 4.69) is 18.2 Å². The van der Waals surface area contributed by atoms with Gasteiger partial charge in [-0.3, -0.25) is 0 Å². The molecule has 15 heavy (non-hydrogen) atoms. The zero-order chi connectivity index (χ0) is 10.5. The van der Waals surface area contributed by atoms with Gasteiger partial charge in [0, 0.05) is 0 Å². The van der Waals surface area contributed by atoms with Crippen molar-refractivity contribution in [1.29, 1.82) is 5.26 Å². The topological polar surface area (TPSA) is 33.0 Å². The zero-order valence-corrected chi connectivity index (χ0v) is 8.73. The fourth-order valence-electron chi connectivity index (χ4n) is 1.70. The fourth-order valence-corrected chi connectivity index (χ4v) is 1.70. The summed E-state index contributed by atoms with van der Waals surface area (Å²) in [6.45, 7) is 0.629. The first-order valence-corrected chi connectivity index (χ1v) is 5.42. The lowest BCUT2D eigenvalue weighted by molar-refractivity contribution is 0.0291. The first-order chi connectivity index (χ1) is 7.40. The number of rotatable bonds is 5. The van der Waals surface area contributed by atoms with Crippen molar-refractivity contribution in [3.8, 4) is 6.07 Å². The molecule has 1 aliphatic carbocycles. The van der Waals surface area contributed by atoms with Crippen LogP contribution in [0, 0.1) is 17.2 Å². The molecule has 1 atom stereocenters. The molecule has 1 fully saturated rings. The number of nitrogens with zero attached hydrogens (tertiary/aromatic N) is 1. The summed E-state index contributed by atoms with van der Waals surface area (Å²) in [6, 6.07) is 12.3. The Hall–Kier alpha value is -1.33. The molecule has 0 unspecified atom stereocenters. The molecule has 0 aromatic heterocycles. The van der Waals surface area contributed by atoms with Crippen molar-refractivity contribution >= 4 is 0 Å². The van der Waals surface area contributed by atoms with Gasteiger partial charge in [0.15, 0.2) is 0 Å². The third-order valence-corrected chi connectivity index (χ3v) is 2.75. The molecule has 2 nitrogen and oxygen atoms in total. The molecule has 0 saturated heterocycles. The molecule has 1 aliphatic rings. The average Bonchev–Trinajstić information content (AvgIpc) is 3.09. The summed E-state index contributed by atoms with van der Waals surface area (Å²) in [5.41, 5.74) is 1.18. The van der Waals surface area contributed by atoms with Crippen molar-refractivity contribution in [3.05, 3.63) is 35.9 Å². The number of nitriles is 1. The van der Waals surface area contributed by atoms with Crippen LogP contribution in [0.5, 0.6) is 0 Å². The van der Waals surface area contributed by atoms with Crippen LogP contribution in [0.25, 0.3) is 0 Å². The molecule has 0 bridgehead atoms. The van der Waals surface area contributed by atoms with E-state index in [4.69, 9.17) is 10.00 Å². The molecule has 0 heterocycles. The van der Waals surface area contributed by atoms with Gasteiger partial charge < -0.3 is 4.74 Å². The normalized spacial score (nSPS) is 17.0. The van der Waals surface area contributed by atoms with Gasteiger partial charge in [-0.15, -0.1) is 0 Å². The van der Waals surface area contributed by atoms with Crippen LogP contribution < -0.4 is 0 Å². The molecule has 0 spiro atoms. The minimum atomic E-state index is 0.148. The van der Waals surface area contributed by atoms with E-state index in [1.54, 1.807) is 0 Å². The van der Waals surface area contributed by atoms with Crippen molar-refractivity contribution in [3.63, 3.8) is 0 Å². The maximum absolute atomic E-state index is 8.68. The molecule has 2 rings (SSSR count). The van der Waals surface area contributed by atoms with E-state index in [0.29, 0.717) is 18.9 Å². The summed E-state index contributed by atoms with van der Waals surface area (Å²) in [5, 5.41) is 8.68. The minimum Gasteiger partial charge on any atom is -0.372 e. The molecule has 1 saturated carbocycles. The Labute approximate surface area is 90.5 Å². The third kappa shape index (κ3) is 3.07. The second-order valence-corrected chi connectivity index (χ2v) is 4.03. The SMILES string of the molecule is N#CC[C@H](OCc1ccccc1)C1CC1. The highest BCUT2D eigenvalue weighted by Crippen LogP contribution is 2.36. The zero-order valence-electron chi connectivity index (χ0n) is 8.73. The molecule has 0 N–H and O–H groups in total. The van der Waals surface area contributed by atoms with Crippen LogP contribution in [0.4, 0.5) is 0 Å². The lowest BCUT2D eigenvalue weighted by Gasteiger charge is -2.13. The van der Waals surface area contributed by atoms with Crippen molar-refractivity contribution < 1.29 is 4.74 Å². The van der Waals surface area contributed by atoms with E-state index in [9.17, 15) is 0 Å². The molecule has 0 amide bonds. The lowest BCUT2D eigenvalue weighted by Crippen LogP contribution is -2.14. The van der Waals surface area contributed by atoms with Crippen molar-refractivity contribution in [2.45, 2.75) is 32.0 Å². The first kappa shape index (κ1) is 10.2. The Morgan fingerprint density at radius 3 is 2.67 bits per heavy atom. The molecular formula is C13H15NO. The first-order valence-electron chi connectivity index (χ1n) is 5.42. The maximum atomic E-state index is 8.68. The van der Waals surface area contributed by atoms with Crippen LogP contribution in [0.15, 0.2) is 30.3 Å². The van der Waals surface area contributed by atoms with Gasteiger partial charge in [0.25, 0.3) is 0 Å². The maximum Gasteiger partial charge on any atom is 0.0737 e. The number of ether oxygens (including phenoxy) is 1. The Morgan fingerprint density at radius 1 is 1.33 bits per heavy atom. The Balaban J connectivity index is 1.83. The van der Waals surface area contributed by atoms with Crippen molar-refractivity contribution in [2.75, 3.05) is 0 Å². The minimum absolute atomic E-state index is 0.148. The van der Waals surface area contributed by atoms with Gasteiger partial charge in [0.2, 0.25) is 0 Å². The number of benzene rings is 1. The van der Waals surface area contributed by atoms with E-state index in [-0.39, 0.29) is 6.10 Å². The largest absolute Gasteiger partial charge is 0.372 e. The summed E-state index contributed by atoms with van der Waals surface area (Å²) < 4.78 is 5.77. The monoisotopic (exact) mass is 201 g/mol. The quantitative estimate of drug-likeness (QED) is 0.733. The van der Waals surface area contributed by atoms with Gasteiger partial charge in [-0.2, -0.15) is 5.26 Å². The van der Waals surface area contributed by atoms with Crippen LogP contribution in [0.1, 0.15) is 24.8 Å². The number of hydrogen-bond donors (Lipinski definition) is 0. The molecule has 1 aromatic rings. The summed E-state index contributed by atoms with van der Waals surface area (Å²) in [6.07, 6.45) is 3.12. The van der Waals surface area contributed by atoms with Crippen LogP contribution in [-0.2, 0) is 11.3 Å². The van der Waals surface area contributed by atoms with Gasteiger partial charge in [0.1, 0.15) is 0 Å². The van der Waals surface area contributed by atoms with Crippen LogP contribution >= 0.6 is 0 Å².